The van der Waals surface area contributed by atoms with Crippen LogP contribution in [0.4, 0.5) is 0 Å². The zero-order valence-electron chi connectivity index (χ0n) is 9.40. The molecule has 0 aliphatic carbocycles. The quantitative estimate of drug-likeness (QED) is 0.750. The van der Waals surface area contributed by atoms with Crippen molar-refractivity contribution in [3.05, 3.63) is 18.0 Å². The minimum atomic E-state index is -3.52. The maximum Gasteiger partial charge on any atom is 0.252 e. The van der Waals surface area contributed by atoms with Gasteiger partial charge in [0.2, 0.25) is 0 Å². The highest BCUT2D eigenvalue weighted by Gasteiger charge is 2.21. The van der Waals surface area contributed by atoms with Crippen LogP contribution in [0.3, 0.4) is 0 Å². The summed E-state index contributed by atoms with van der Waals surface area (Å²) in [5.41, 5.74) is 6.89. The van der Waals surface area contributed by atoms with Gasteiger partial charge in [0.1, 0.15) is 11.4 Å². The number of hydrogen-bond acceptors (Lipinski definition) is 6. The maximum atomic E-state index is 11.6. The minimum Gasteiger partial charge on any atom is -0.325 e. The van der Waals surface area contributed by atoms with Crippen molar-refractivity contribution in [2.24, 2.45) is 12.8 Å². The second-order valence-corrected chi connectivity index (χ2v) is 5.35. The molecule has 2 aromatic rings. The van der Waals surface area contributed by atoms with Crippen LogP contribution in [0.2, 0.25) is 0 Å². The summed E-state index contributed by atoms with van der Waals surface area (Å²) in [6, 6.07) is 1.68. The number of hydrogen-bond donors (Lipinski definition) is 1. The summed E-state index contributed by atoms with van der Waals surface area (Å²) >= 11 is 0. The lowest BCUT2D eigenvalue weighted by Crippen LogP contribution is -2.15. The molecule has 8 nitrogen and oxygen atoms in total. The van der Waals surface area contributed by atoms with Crippen LogP contribution in [0.5, 0.6) is 0 Å². The molecule has 0 spiro atoms. The Morgan fingerprint density at radius 3 is 2.65 bits per heavy atom. The van der Waals surface area contributed by atoms with Gasteiger partial charge in [-0.2, -0.15) is 5.10 Å². The molecule has 0 amide bonds. The average molecular weight is 256 g/mol. The van der Waals surface area contributed by atoms with Crippen LogP contribution < -0.4 is 5.73 Å². The predicted molar refractivity (Wildman–Crippen MR) is 60.4 cm³/mol. The van der Waals surface area contributed by atoms with Gasteiger partial charge in [0.15, 0.2) is 0 Å². The number of rotatable bonds is 3. The smallest absolute Gasteiger partial charge is 0.252 e. The minimum absolute atomic E-state index is 0.107. The van der Waals surface area contributed by atoms with E-state index in [2.05, 4.69) is 15.4 Å². The predicted octanol–water partition coefficient (Wildman–Crippen LogP) is -1.05. The number of nitrogens with zero attached hydrogens (tertiary/aromatic N) is 5. The third-order valence-electron chi connectivity index (χ3n) is 2.28. The molecule has 0 fully saturated rings. The Balaban J connectivity index is 2.75. The molecule has 0 aliphatic rings. The lowest BCUT2D eigenvalue weighted by atomic mass is 10.2. The molecule has 2 heterocycles. The number of aryl methyl sites for hydroxylation is 1. The van der Waals surface area contributed by atoms with Gasteiger partial charge in [0.25, 0.3) is 10.0 Å². The fourth-order valence-corrected chi connectivity index (χ4v) is 2.22. The van der Waals surface area contributed by atoms with E-state index in [1.54, 1.807) is 24.0 Å². The SMILES string of the molecule is Cn1nccc1-c1c(CN)nnn1S(C)(=O)=O. The molecule has 2 N–H and O–H groups in total. The highest BCUT2D eigenvalue weighted by atomic mass is 32.2. The summed E-state index contributed by atoms with van der Waals surface area (Å²) in [5, 5.41) is 11.4. The molecule has 0 radical (unpaired) electrons. The van der Waals surface area contributed by atoms with E-state index in [0.717, 1.165) is 10.3 Å². The van der Waals surface area contributed by atoms with Gasteiger partial charge < -0.3 is 5.73 Å². The Bertz CT molecular complexity index is 641. The zero-order chi connectivity index (χ0) is 12.6. The summed E-state index contributed by atoms with van der Waals surface area (Å²) in [7, 11) is -1.82. The molecule has 0 saturated carbocycles. The zero-order valence-corrected chi connectivity index (χ0v) is 10.2. The Morgan fingerprint density at radius 2 is 2.18 bits per heavy atom. The molecule has 0 atom stereocenters. The summed E-state index contributed by atoms with van der Waals surface area (Å²) in [4.78, 5) is 0. The van der Waals surface area contributed by atoms with E-state index >= 15 is 0 Å². The van der Waals surface area contributed by atoms with Crippen molar-refractivity contribution in [2.45, 2.75) is 6.54 Å². The second-order valence-electron chi connectivity index (χ2n) is 3.53. The van der Waals surface area contributed by atoms with Crippen molar-refractivity contribution in [3.8, 4) is 11.4 Å². The molecule has 0 saturated heterocycles. The largest absolute Gasteiger partial charge is 0.325 e. The molecule has 0 aromatic carbocycles. The van der Waals surface area contributed by atoms with Crippen molar-refractivity contribution in [1.29, 1.82) is 0 Å². The monoisotopic (exact) mass is 256 g/mol. The van der Waals surface area contributed by atoms with Gasteiger partial charge in [-0.25, -0.2) is 8.42 Å². The van der Waals surface area contributed by atoms with Crippen LogP contribution in [0.1, 0.15) is 5.69 Å². The van der Waals surface area contributed by atoms with Gasteiger partial charge in [-0.05, 0) is 6.07 Å². The third-order valence-corrected chi connectivity index (χ3v) is 3.17. The van der Waals surface area contributed by atoms with Crippen molar-refractivity contribution in [3.63, 3.8) is 0 Å². The fraction of sp³-hybridized carbons (Fsp3) is 0.375. The molecule has 17 heavy (non-hydrogen) atoms. The number of aromatic nitrogens is 5. The second kappa shape index (κ2) is 3.93. The van der Waals surface area contributed by atoms with Gasteiger partial charge in [-0.15, -0.1) is 9.19 Å². The Hall–Kier alpha value is -1.74. The van der Waals surface area contributed by atoms with Crippen molar-refractivity contribution in [1.82, 2.24) is 24.2 Å². The third kappa shape index (κ3) is 1.94. The highest BCUT2D eigenvalue weighted by Crippen LogP contribution is 2.22. The Labute approximate surface area is 98.1 Å². The molecule has 9 heteroatoms. The van der Waals surface area contributed by atoms with Gasteiger partial charge in [0.05, 0.1) is 11.9 Å². The van der Waals surface area contributed by atoms with E-state index in [-0.39, 0.29) is 6.54 Å². The van der Waals surface area contributed by atoms with Crippen LogP contribution in [0.15, 0.2) is 12.3 Å². The lowest BCUT2D eigenvalue weighted by molar-refractivity contribution is 0.584. The van der Waals surface area contributed by atoms with Crippen LogP contribution in [-0.2, 0) is 23.6 Å². The molecular weight excluding hydrogens is 244 g/mol. The van der Waals surface area contributed by atoms with E-state index in [4.69, 9.17) is 5.73 Å². The highest BCUT2D eigenvalue weighted by molar-refractivity contribution is 7.89. The first kappa shape index (κ1) is 11.7. The normalized spacial score (nSPS) is 11.9. The molecule has 2 rings (SSSR count). The molecule has 2 aromatic heterocycles. The van der Waals surface area contributed by atoms with Crippen LogP contribution in [0, 0.1) is 0 Å². The molecule has 0 aliphatic heterocycles. The fourth-order valence-electron chi connectivity index (χ4n) is 1.52. The molecule has 0 unspecified atom stereocenters. The van der Waals surface area contributed by atoms with Crippen molar-refractivity contribution < 1.29 is 8.42 Å². The van der Waals surface area contributed by atoms with Gasteiger partial charge in [-0.1, -0.05) is 5.21 Å². The average Bonchev–Trinajstić information content (AvgIpc) is 2.81. The van der Waals surface area contributed by atoms with E-state index in [1.807, 2.05) is 0 Å². The van der Waals surface area contributed by atoms with Crippen LogP contribution >= 0.6 is 0 Å². The van der Waals surface area contributed by atoms with E-state index < -0.39 is 10.0 Å². The van der Waals surface area contributed by atoms with Crippen LogP contribution in [-0.4, -0.2) is 38.9 Å². The summed E-state index contributed by atoms with van der Waals surface area (Å²) < 4.78 is 25.6. The first-order chi connectivity index (χ1) is 7.95. The molecular formula is C8H12N6O2S. The van der Waals surface area contributed by atoms with Crippen LogP contribution in [0.25, 0.3) is 11.4 Å². The van der Waals surface area contributed by atoms with E-state index in [0.29, 0.717) is 17.1 Å². The molecule has 0 bridgehead atoms. The summed E-state index contributed by atoms with van der Waals surface area (Å²) in [5.74, 6) is 0. The van der Waals surface area contributed by atoms with Gasteiger partial charge in [0, 0.05) is 19.8 Å². The Kier molecular flexibility index (Phi) is 2.71. The van der Waals surface area contributed by atoms with Crippen molar-refractivity contribution in [2.75, 3.05) is 6.26 Å². The topological polar surface area (TPSA) is 109 Å². The first-order valence-corrected chi connectivity index (χ1v) is 6.63. The van der Waals surface area contributed by atoms with E-state index in [1.165, 1.54) is 0 Å². The Morgan fingerprint density at radius 1 is 1.47 bits per heavy atom. The first-order valence-electron chi connectivity index (χ1n) is 4.78. The van der Waals surface area contributed by atoms with Crippen molar-refractivity contribution >= 4 is 10.0 Å². The lowest BCUT2D eigenvalue weighted by Gasteiger charge is -2.05. The van der Waals surface area contributed by atoms with Gasteiger partial charge in [-0.3, -0.25) is 4.68 Å². The maximum absolute atomic E-state index is 11.6. The van der Waals surface area contributed by atoms with Gasteiger partial charge >= 0.3 is 0 Å². The summed E-state index contributed by atoms with van der Waals surface area (Å²) in [6.07, 6.45) is 2.62. The number of nitrogens with two attached hydrogens (primary N) is 1. The summed E-state index contributed by atoms with van der Waals surface area (Å²) in [6.45, 7) is 0.107. The molecule has 92 valence electrons. The standard InChI is InChI=1S/C8H12N6O2S/c1-13-7(3-4-10-13)8-6(5-9)11-12-14(8)17(2,15)16/h3-4H,5,9H2,1-2H3. The van der Waals surface area contributed by atoms with E-state index in [9.17, 15) is 8.42 Å².